The number of nitrogens with one attached hydrogen (secondary N) is 1. The van der Waals surface area contributed by atoms with Crippen molar-refractivity contribution in [2.75, 3.05) is 6.61 Å². The van der Waals surface area contributed by atoms with Crippen molar-refractivity contribution in [1.82, 2.24) is 15.1 Å². The van der Waals surface area contributed by atoms with Gasteiger partial charge in [0.15, 0.2) is 12.3 Å². The number of esters is 1. The standard InChI is InChI=1S/C17H21N3O3/c1-11-6-5-7-12(2)20(11)15(21)10-23-17(22)16-13-8-3-4-9-14(13)18-19-16/h3-4,8-9,11-12H,5-7,10H2,1-2H3,(H,18,19). The molecule has 1 aliphatic rings. The van der Waals surface area contributed by atoms with Gasteiger partial charge < -0.3 is 9.64 Å². The number of carbonyl (C=O) groups excluding carboxylic acids is 2. The number of ether oxygens (including phenoxy) is 1. The number of hydrogen-bond acceptors (Lipinski definition) is 4. The van der Waals surface area contributed by atoms with Crippen LogP contribution in [-0.2, 0) is 9.53 Å². The Kier molecular flexibility index (Phi) is 4.32. The second-order valence-corrected chi connectivity index (χ2v) is 6.12. The van der Waals surface area contributed by atoms with E-state index in [1.807, 2.05) is 36.9 Å². The van der Waals surface area contributed by atoms with Crippen molar-refractivity contribution in [2.24, 2.45) is 0 Å². The first-order valence-electron chi connectivity index (χ1n) is 7.99. The molecule has 2 atom stereocenters. The second-order valence-electron chi connectivity index (χ2n) is 6.12. The molecule has 0 radical (unpaired) electrons. The van der Waals surface area contributed by atoms with Crippen LogP contribution in [0.4, 0.5) is 0 Å². The fraction of sp³-hybridized carbons (Fsp3) is 0.471. The van der Waals surface area contributed by atoms with E-state index in [9.17, 15) is 9.59 Å². The van der Waals surface area contributed by atoms with Gasteiger partial charge in [0.25, 0.3) is 5.91 Å². The number of fused-ring (bicyclic) bond motifs is 1. The maximum Gasteiger partial charge on any atom is 0.359 e. The number of benzene rings is 1. The molecule has 0 saturated carbocycles. The number of hydrogen-bond donors (Lipinski definition) is 1. The van der Waals surface area contributed by atoms with Gasteiger partial charge in [-0.05, 0) is 39.2 Å². The number of rotatable bonds is 3. The third-order valence-corrected chi connectivity index (χ3v) is 4.47. The Labute approximate surface area is 134 Å². The summed E-state index contributed by atoms with van der Waals surface area (Å²) in [5, 5.41) is 7.48. The molecule has 122 valence electrons. The smallest absolute Gasteiger partial charge is 0.359 e. The van der Waals surface area contributed by atoms with Crippen LogP contribution < -0.4 is 0 Å². The molecular weight excluding hydrogens is 294 g/mol. The van der Waals surface area contributed by atoms with E-state index in [1.165, 1.54) is 0 Å². The number of likely N-dealkylation sites (tertiary alicyclic amines) is 1. The minimum Gasteiger partial charge on any atom is -0.451 e. The van der Waals surface area contributed by atoms with Crippen LogP contribution in [0.15, 0.2) is 24.3 Å². The Balaban J connectivity index is 1.65. The summed E-state index contributed by atoms with van der Waals surface area (Å²) >= 11 is 0. The van der Waals surface area contributed by atoms with Crippen molar-refractivity contribution in [3.8, 4) is 0 Å². The molecule has 3 rings (SSSR count). The molecule has 1 aliphatic heterocycles. The highest BCUT2D eigenvalue weighted by molar-refractivity contribution is 6.02. The van der Waals surface area contributed by atoms with Gasteiger partial charge in [0.05, 0.1) is 5.52 Å². The number of piperidine rings is 1. The predicted molar refractivity (Wildman–Crippen MR) is 86.0 cm³/mol. The van der Waals surface area contributed by atoms with E-state index in [0.29, 0.717) is 5.39 Å². The average Bonchev–Trinajstić information content (AvgIpc) is 2.96. The highest BCUT2D eigenvalue weighted by atomic mass is 16.5. The van der Waals surface area contributed by atoms with E-state index in [1.54, 1.807) is 6.07 Å². The summed E-state index contributed by atoms with van der Waals surface area (Å²) in [7, 11) is 0. The number of nitrogens with zero attached hydrogens (tertiary/aromatic N) is 2. The highest BCUT2D eigenvalue weighted by Crippen LogP contribution is 2.22. The van der Waals surface area contributed by atoms with Crippen molar-refractivity contribution in [1.29, 1.82) is 0 Å². The van der Waals surface area contributed by atoms with Crippen LogP contribution in [0.3, 0.4) is 0 Å². The first-order chi connectivity index (χ1) is 11.1. The number of aromatic amines is 1. The van der Waals surface area contributed by atoms with Gasteiger partial charge in [0, 0.05) is 17.5 Å². The van der Waals surface area contributed by atoms with Gasteiger partial charge in [0.2, 0.25) is 0 Å². The maximum absolute atomic E-state index is 12.4. The van der Waals surface area contributed by atoms with Crippen LogP contribution >= 0.6 is 0 Å². The van der Waals surface area contributed by atoms with Gasteiger partial charge in [0.1, 0.15) is 0 Å². The summed E-state index contributed by atoms with van der Waals surface area (Å²) in [5.74, 6) is -0.717. The minimum absolute atomic E-state index is 0.141. The Bertz CT molecular complexity index is 715. The molecule has 2 aromatic rings. The molecule has 1 amide bonds. The first-order valence-corrected chi connectivity index (χ1v) is 7.99. The molecule has 1 aromatic carbocycles. The molecule has 0 bridgehead atoms. The Morgan fingerprint density at radius 1 is 1.26 bits per heavy atom. The molecule has 2 heterocycles. The molecule has 6 heteroatoms. The van der Waals surface area contributed by atoms with Crippen LogP contribution in [0.5, 0.6) is 0 Å². The molecule has 1 fully saturated rings. The van der Waals surface area contributed by atoms with Gasteiger partial charge in [-0.1, -0.05) is 18.2 Å². The molecular formula is C17H21N3O3. The molecule has 1 saturated heterocycles. The second kappa shape index (κ2) is 6.40. The van der Waals surface area contributed by atoms with E-state index in [0.717, 1.165) is 24.8 Å². The lowest BCUT2D eigenvalue weighted by Crippen LogP contribution is -2.49. The molecule has 23 heavy (non-hydrogen) atoms. The van der Waals surface area contributed by atoms with Crippen molar-refractivity contribution in [3.63, 3.8) is 0 Å². The summed E-state index contributed by atoms with van der Waals surface area (Å²) < 4.78 is 5.19. The van der Waals surface area contributed by atoms with E-state index >= 15 is 0 Å². The third-order valence-electron chi connectivity index (χ3n) is 4.47. The zero-order valence-electron chi connectivity index (χ0n) is 13.4. The SMILES string of the molecule is CC1CCCC(C)N1C(=O)COC(=O)c1n[nH]c2ccccc12. The number of aromatic nitrogens is 2. The van der Waals surface area contributed by atoms with Gasteiger partial charge >= 0.3 is 5.97 Å². The normalized spacial score (nSPS) is 21.4. The van der Waals surface area contributed by atoms with E-state index in [-0.39, 0.29) is 30.3 Å². The Hall–Kier alpha value is -2.37. The molecule has 1 aromatic heterocycles. The number of H-pyrrole nitrogens is 1. The quantitative estimate of drug-likeness (QED) is 0.883. The van der Waals surface area contributed by atoms with Crippen LogP contribution in [0.25, 0.3) is 10.9 Å². The van der Waals surface area contributed by atoms with Gasteiger partial charge in [-0.25, -0.2) is 4.79 Å². The van der Waals surface area contributed by atoms with Crippen LogP contribution in [-0.4, -0.2) is 45.7 Å². The van der Waals surface area contributed by atoms with E-state index in [4.69, 9.17) is 4.74 Å². The van der Waals surface area contributed by atoms with Crippen molar-refractivity contribution in [2.45, 2.75) is 45.2 Å². The zero-order valence-corrected chi connectivity index (χ0v) is 13.4. The molecule has 0 aliphatic carbocycles. The molecule has 6 nitrogen and oxygen atoms in total. The lowest BCUT2D eigenvalue weighted by Gasteiger charge is -2.38. The number of amides is 1. The van der Waals surface area contributed by atoms with Crippen LogP contribution in [0.1, 0.15) is 43.6 Å². The van der Waals surface area contributed by atoms with Gasteiger partial charge in [-0.3, -0.25) is 9.89 Å². The van der Waals surface area contributed by atoms with Crippen LogP contribution in [0.2, 0.25) is 0 Å². The summed E-state index contributed by atoms with van der Waals surface area (Å²) in [6.07, 6.45) is 3.12. The maximum atomic E-state index is 12.4. The predicted octanol–water partition coefficient (Wildman–Crippen LogP) is 2.51. The minimum atomic E-state index is -0.576. The summed E-state index contributed by atoms with van der Waals surface area (Å²) in [6, 6.07) is 7.70. The lowest BCUT2D eigenvalue weighted by atomic mass is 9.97. The Morgan fingerprint density at radius 3 is 2.70 bits per heavy atom. The lowest BCUT2D eigenvalue weighted by molar-refractivity contribution is -0.140. The van der Waals surface area contributed by atoms with E-state index in [2.05, 4.69) is 10.2 Å². The molecule has 1 N–H and O–H groups in total. The fourth-order valence-corrected chi connectivity index (χ4v) is 3.30. The summed E-state index contributed by atoms with van der Waals surface area (Å²) in [4.78, 5) is 26.4. The number of para-hydroxylation sites is 1. The van der Waals surface area contributed by atoms with Gasteiger partial charge in [-0.15, -0.1) is 0 Å². The van der Waals surface area contributed by atoms with Crippen LogP contribution in [0, 0.1) is 0 Å². The van der Waals surface area contributed by atoms with Crippen molar-refractivity contribution in [3.05, 3.63) is 30.0 Å². The monoisotopic (exact) mass is 315 g/mol. The number of carbonyl (C=O) groups is 2. The summed E-state index contributed by atoms with van der Waals surface area (Å²) in [5.41, 5.74) is 0.984. The fourth-order valence-electron chi connectivity index (χ4n) is 3.30. The van der Waals surface area contributed by atoms with Crippen molar-refractivity contribution < 1.29 is 14.3 Å². The average molecular weight is 315 g/mol. The summed E-state index contributed by atoms with van der Waals surface area (Å²) in [6.45, 7) is 3.84. The van der Waals surface area contributed by atoms with Gasteiger partial charge in [-0.2, -0.15) is 5.10 Å². The zero-order chi connectivity index (χ0) is 16.4. The highest BCUT2D eigenvalue weighted by Gasteiger charge is 2.29. The topological polar surface area (TPSA) is 75.3 Å². The molecule has 0 spiro atoms. The Morgan fingerprint density at radius 2 is 1.96 bits per heavy atom. The third kappa shape index (κ3) is 3.06. The van der Waals surface area contributed by atoms with Crippen molar-refractivity contribution >= 4 is 22.8 Å². The largest absolute Gasteiger partial charge is 0.451 e. The first kappa shape index (κ1) is 15.5. The molecule has 2 unspecified atom stereocenters. The van der Waals surface area contributed by atoms with E-state index < -0.39 is 5.97 Å².